The monoisotopic (exact) mass is 653 g/mol. The van der Waals surface area contributed by atoms with Gasteiger partial charge >= 0.3 is 0 Å². The molecule has 1 unspecified atom stereocenters. The van der Waals surface area contributed by atoms with Crippen molar-refractivity contribution in [2.24, 2.45) is 0 Å². The Morgan fingerprint density at radius 1 is 0.837 bits per heavy atom. The molecule has 0 aliphatic heterocycles. The van der Waals surface area contributed by atoms with Gasteiger partial charge in [0.25, 0.3) is 11.8 Å². The molecule has 0 aliphatic rings. The molecule has 0 saturated heterocycles. The van der Waals surface area contributed by atoms with Gasteiger partial charge < -0.3 is 20.7 Å². The van der Waals surface area contributed by atoms with Crippen LogP contribution in [0.15, 0.2) is 102 Å². The minimum Gasteiger partial charge on any atom is -0.495 e. The van der Waals surface area contributed by atoms with Gasteiger partial charge in [-0.2, -0.15) is 0 Å². The van der Waals surface area contributed by atoms with E-state index in [9.17, 15) is 14.4 Å². The minimum atomic E-state index is -0.580. The molecular weight excluding hydrogens is 629 g/mol. The van der Waals surface area contributed by atoms with Gasteiger partial charge in [0, 0.05) is 36.8 Å². The molecule has 0 saturated carbocycles. The van der Waals surface area contributed by atoms with E-state index in [-0.39, 0.29) is 11.6 Å². The summed E-state index contributed by atoms with van der Waals surface area (Å²) in [6.45, 7) is 1.78. The Labute approximate surface area is 268 Å². The van der Waals surface area contributed by atoms with Crippen LogP contribution in [0.4, 0.5) is 11.4 Å². The lowest BCUT2D eigenvalue weighted by Gasteiger charge is -2.15. The van der Waals surface area contributed by atoms with Crippen molar-refractivity contribution < 1.29 is 19.1 Å². The van der Waals surface area contributed by atoms with Gasteiger partial charge in [-0.1, -0.05) is 59.1 Å². The Morgan fingerprint density at radius 3 is 2.16 bits per heavy atom. The first-order chi connectivity index (χ1) is 20.6. The van der Waals surface area contributed by atoms with Gasteiger partial charge in [-0.05, 0) is 79.7 Å². The molecule has 4 aromatic rings. The number of ether oxygens (including phenoxy) is 1. The van der Waals surface area contributed by atoms with E-state index in [1.165, 1.54) is 24.9 Å². The lowest BCUT2D eigenvalue weighted by molar-refractivity contribution is -0.115. The van der Waals surface area contributed by atoms with Crippen LogP contribution < -0.4 is 20.7 Å². The maximum Gasteiger partial charge on any atom is 0.272 e. The van der Waals surface area contributed by atoms with E-state index in [4.69, 9.17) is 39.5 Å². The zero-order chi connectivity index (χ0) is 30.9. The summed E-state index contributed by atoms with van der Waals surface area (Å²) in [5.41, 5.74) is 1.66. The third-order valence-electron chi connectivity index (χ3n) is 6.03. The van der Waals surface area contributed by atoms with Crippen molar-refractivity contribution in [1.29, 1.82) is 0 Å². The predicted octanol–water partition coefficient (Wildman–Crippen LogP) is 8.18. The maximum absolute atomic E-state index is 13.4. The van der Waals surface area contributed by atoms with Crippen LogP contribution in [0, 0.1) is 0 Å². The third kappa shape index (κ3) is 8.78. The Kier molecular flexibility index (Phi) is 11.1. The van der Waals surface area contributed by atoms with E-state index in [2.05, 4.69) is 16.0 Å². The summed E-state index contributed by atoms with van der Waals surface area (Å²) in [6, 6.07) is 25.4. The molecule has 3 N–H and O–H groups in total. The highest BCUT2D eigenvalue weighted by Gasteiger charge is 2.19. The smallest absolute Gasteiger partial charge is 0.272 e. The number of carbonyl (C=O) groups excluding carboxylic acids is 3. The Hall–Kier alpha value is -3.95. The van der Waals surface area contributed by atoms with Gasteiger partial charge in [0.15, 0.2) is 0 Å². The number of rotatable bonds is 10. The second-order valence-corrected chi connectivity index (χ2v) is 11.8. The quantitative estimate of drug-likeness (QED) is 0.118. The van der Waals surface area contributed by atoms with Crippen LogP contribution in [0.2, 0.25) is 15.1 Å². The molecule has 0 aliphatic carbocycles. The molecule has 4 aromatic carbocycles. The molecule has 0 aromatic heterocycles. The molecule has 0 fully saturated rings. The summed E-state index contributed by atoms with van der Waals surface area (Å²) in [5.74, 6) is -0.784. The summed E-state index contributed by atoms with van der Waals surface area (Å²) >= 11 is 20.1. The molecule has 7 nitrogen and oxygen atoms in total. The summed E-state index contributed by atoms with van der Waals surface area (Å²) in [7, 11) is 1.51. The summed E-state index contributed by atoms with van der Waals surface area (Å²) in [5, 5.41) is 8.96. The predicted molar refractivity (Wildman–Crippen MR) is 175 cm³/mol. The summed E-state index contributed by atoms with van der Waals surface area (Å²) in [6.07, 6.45) is 1.43. The molecule has 3 amide bonds. The fourth-order valence-electron chi connectivity index (χ4n) is 3.82. The highest BCUT2D eigenvalue weighted by Crippen LogP contribution is 2.31. The van der Waals surface area contributed by atoms with E-state index in [1.807, 2.05) is 0 Å². The SMILES string of the molecule is COc1ccc(Cl)cc1NC(=O)C(C)Sc1ccc(NC(=O)/C(=C/c2c(Cl)cccc2Cl)NC(=O)c2ccccc2)cc1. The number of nitrogens with one attached hydrogen (secondary N) is 3. The number of methoxy groups -OCH3 is 1. The van der Waals surface area contributed by atoms with Crippen LogP contribution in [0.3, 0.4) is 0 Å². The molecule has 43 heavy (non-hydrogen) atoms. The third-order valence-corrected chi connectivity index (χ3v) is 8.04. The first-order valence-electron chi connectivity index (χ1n) is 12.9. The number of carbonyl (C=O) groups is 3. The number of halogens is 3. The van der Waals surface area contributed by atoms with Gasteiger partial charge in [-0.25, -0.2) is 0 Å². The average Bonchev–Trinajstić information content (AvgIpc) is 2.99. The minimum absolute atomic E-state index is 0.0518. The number of thioether (sulfide) groups is 1. The van der Waals surface area contributed by atoms with E-state index < -0.39 is 17.1 Å². The second kappa shape index (κ2) is 15.0. The molecule has 0 bridgehead atoms. The standard InChI is InChI=1S/C32H26Cl3N3O4S/c1-19(30(39)37-27-17-21(33)11-16-29(27)42-2)43-23-14-12-22(13-15-23)36-32(41)28(18-24-25(34)9-6-10-26(24)35)38-31(40)20-7-4-3-5-8-20/h3-19H,1-2H3,(H,36,41)(H,37,39)(H,38,40)/b28-18-. The van der Waals surface area contributed by atoms with Gasteiger partial charge in [-0.3, -0.25) is 14.4 Å². The van der Waals surface area contributed by atoms with Crippen LogP contribution in [0.1, 0.15) is 22.8 Å². The average molecular weight is 655 g/mol. The van der Waals surface area contributed by atoms with Gasteiger partial charge in [-0.15, -0.1) is 11.8 Å². The normalized spacial score (nSPS) is 11.8. The fraction of sp³-hybridized carbons (Fsp3) is 0.0938. The number of amides is 3. The van der Waals surface area contributed by atoms with Crippen molar-refractivity contribution >= 4 is 81.7 Å². The highest BCUT2D eigenvalue weighted by atomic mass is 35.5. The van der Waals surface area contributed by atoms with Crippen LogP contribution in [0.5, 0.6) is 5.75 Å². The highest BCUT2D eigenvalue weighted by molar-refractivity contribution is 8.00. The van der Waals surface area contributed by atoms with Crippen LogP contribution in [0.25, 0.3) is 6.08 Å². The van der Waals surface area contributed by atoms with E-state index in [0.717, 1.165) is 4.90 Å². The van der Waals surface area contributed by atoms with Crippen molar-refractivity contribution in [2.75, 3.05) is 17.7 Å². The lowest BCUT2D eigenvalue weighted by atomic mass is 10.1. The largest absolute Gasteiger partial charge is 0.495 e. The van der Waals surface area contributed by atoms with Crippen LogP contribution in [-0.2, 0) is 9.59 Å². The van der Waals surface area contributed by atoms with E-state index in [1.54, 1.807) is 97.9 Å². The number of anilines is 2. The fourth-order valence-corrected chi connectivity index (χ4v) is 5.37. The Bertz CT molecular complexity index is 1640. The van der Waals surface area contributed by atoms with Crippen molar-refractivity contribution in [1.82, 2.24) is 5.32 Å². The van der Waals surface area contributed by atoms with E-state index >= 15 is 0 Å². The zero-order valence-corrected chi connectivity index (χ0v) is 26.1. The van der Waals surface area contributed by atoms with Crippen molar-refractivity contribution in [3.63, 3.8) is 0 Å². The van der Waals surface area contributed by atoms with Crippen molar-refractivity contribution in [2.45, 2.75) is 17.1 Å². The molecule has 11 heteroatoms. The van der Waals surface area contributed by atoms with Crippen LogP contribution >= 0.6 is 46.6 Å². The summed E-state index contributed by atoms with van der Waals surface area (Å²) < 4.78 is 5.29. The number of hydrogen-bond donors (Lipinski definition) is 3. The van der Waals surface area contributed by atoms with E-state index in [0.29, 0.717) is 43.3 Å². The molecule has 0 radical (unpaired) electrons. The van der Waals surface area contributed by atoms with Gasteiger partial charge in [0.2, 0.25) is 5.91 Å². The second-order valence-electron chi connectivity index (χ2n) is 9.09. The van der Waals surface area contributed by atoms with Crippen molar-refractivity contribution in [3.8, 4) is 5.75 Å². The van der Waals surface area contributed by atoms with Gasteiger partial charge in [0.05, 0.1) is 18.0 Å². The maximum atomic E-state index is 13.4. The number of hydrogen-bond acceptors (Lipinski definition) is 5. The van der Waals surface area contributed by atoms with Crippen LogP contribution in [-0.4, -0.2) is 30.1 Å². The Balaban J connectivity index is 1.46. The topological polar surface area (TPSA) is 96.5 Å². The summed E-state index contributed by atoms with van der Waals surface area (Å²) in [4.78, 5) is 39.9. The molecule has 0 heterocycles. The number of benzene rings is 4. The van der Waals surface area contributed by atoms with Crippen molar-refractivity contribution in [3.05, 3.63) is 123 Å². The first-order valence-corrected chi connectivity index (χ1v) is 14.9. The molecule has 1 atom stereocenters. The lowest BCUT2D eigenvalue weighted by Crippen LogP contribution is -2.30. The molecular formula is C32H26Cl3N3O4S. The zero-order valence-electron chi connectivity index (χ0n) is 23.0. The molecule has 0 spiro atoms. The molecule has 4 rings (SSSR count). The molecule has 220 valence electrons. The van der Waals surface area contributed by atoms with Gasteiger partial charge in [0.1, 0.15) is 11.4 Å². The first kappa shape index (κ1) is 32.0. The Morgan fingerprint density at radius 2 is 1.51 bits per heavy atom.